The van der Waals surface area contributed by atoms with E-state index < -0.39 is 5.97 Å². The fraction of sp³-hybridized carbons (Fsp3) is 0.571. The van der Waals surface area contributed by atoms with Crippen molar-refractivity contribution < 1.29 is 9.90 Å². The summed E-state index contributed by atoms with van der Waals surface area (Å²) in [7, 11) is 0. The zero-order valence-electron chi connectivity index (χ0n) is 15.8. The molecular formula is C21H31Cl2NO2. The van der Waals surface area contributed by atoms with Crippen LogP contribution in [0.15, 0.2) is 18.2 Å². The highest BCUT2D eigenvalue weighted by Gasteiger charge is 2.15. The van der Waals surface area contributed by atoms with Crippen molar-refractivity contribution in [1.82, 2.24) is 0 Å². The van der Waals surface area contributed by atoms with Gasteiger partial charge in [-0.05, 0) is 60.6 Å². The minimum atomic E-state index is -0.971. The van der Waals surface area contributed by atoms with Crippen LogP contribution in [0.4, 0.5) is 5.69 Å². The topological polar surface area (TPSA) is 63.3 Å². The van der Waals surface area contributed by atoms with E-state index in [0.717, 1.165) is 67.0 Å². The Morgan fingerprint density at radius 2 is 1.54 bits per heavy atom. The number of carboxylic acid groups (broad SMARTS) is 1. The van der Waals surface area contributed by atoms with E-state index in [1.54, 1.807) is 6.08 Å². The molecule has 1 aromatic carbocycles. The Kier molecular flexibility index (Phi) is 10.8. The Morgan fingerprint density at radius 1 is 1.08 bits per heavy atom. The van der Waals surface area contributed by atoms with E-state index in [1.165, 1.54) is 0 Å². The van der Waals surface area contributed by atoms with E-state index in [2.05, 4.69) is 13.8 Å². The maximum Gasteiger partial charge on any atom is 0.328 e. The van der Waals surface area contributed by atoms with Gasteiger partial charge in [-0.15, -0.1) is 23.2 Å². The molecule has 0 spiro atoms. The number of carbonyl (C=O) groups is 1. The smallest absolute Gasteiger partial charge is 0.328 e. The summed E-state index contributed by atoms with van der Waals surface area (Å²) >= 11 is 13.0. The molecule has 26 heavy (non-hydrogen) atoms. The highest BCUT2D eigenvalue weighted by molar-refractivity contribution is 6.21. The maximum absolute atomic E-state index is 10.8. The summed E-state index contributed by atoms with van der Waals surface area (Å²) in [6.45, 7) is 4.29. The van der Waals surface area contributed by atoms with Crippen molar-refractivity contribution in [2.75, 3.05) is 5.73 Å². The van der Waals surface area contributed by atoms with Gasteiger partial charge in [0, 0.05) is 22.5 Å². The number of rotatable bonds is 12. The van der Waals surface area contributed by atoms with Gasteiger partial charge in [-0.3, -0.25) is 0 Å². The molecule has 0 saturated heterocycles. The largest absolute Gasteiger partial charge is 0.478 e. The summed E-state index contributed by atoms with van der Waals surface area (Å²) in [4.78, 5) is 10.8. The number of carboxylic acids is 1. The molecule has 0 bridgehead atoms. The van der Waals surface area contributed by atoms with Crippen molar-refractivity contribution in [2.45, 2.75) is 76.0 Å². The van der Waals surface area contributed by atoms with Gasteiger partial charge in [0.05, 0.1) is 0 Å². The number of nitrogens with two attached hydrogens (primary N) is 1. The number of hydrogen-bond acceptors (Lipinski definition) is 2. The SMILES string of the molecule is CCCCC(Cl)Cc1cc(C=CC(=O)O)cc(CC(Cl)CCCC)c1N. The highest BCUT2D eigenvalue weighted by atomic mass is 35.5. The lowest BCUT2D eigenvalue weighted by atomic mass is 9.94. The van der Waals surface area contributed by atoms with Gasteiger partial charge in [-0.1, -0.05) is 39.5 Å². The summed E-state index contributed by atoms with van der Waals surface area (Å²) in [5, 5.41) is 8.95. The molecule has 0 aliphatic heterocycles. The fourth-order valence-electron chi connectivity index (χ4n) is 2.94. The molecule has 0 aliphatic rings. The van der Waals surface area contributed by atoms with Crippen LogP contribution in [0.1, 0.15) is 69.1 Å². The lowest BCUT2D eigenvalue weighted by Crippen LogP contribution is -2.11. The minimum absolute atomic E-state index is 0.0238. The Labute approximate surface area is 167 Å². The molecule has 1 rings (SSSR count). The standard InChI is InChI=1S/C21H31Cl2NO2/c1-3-5-7-18(22)13-16-11-15(9-10-20(25)26)12-17(21(16)24)14-19(23)8-6-4-2/h9-12,18-19H,3-8,13-14,24H2,1-2H3,(H,25,26). The molecule has 2 unspecified atom stereocenters. The molecule has 3 N–H and O–H groups in total. The van der Waals surface area contributed by atoms with Crippen LogP contribution in [-0.4, -0.2) is 21.8 Å². The second-order valence-corrected chi connectivity index (χ2v) is 8.05. The maximum atomic E-state index is 10.8. The van der Waals surface area contributed by atoms with Crippen molar-refractivity contribution in [1.29, 1.82) is 0 Å². The van der Waals surface area contributed by atoms with Crippen molar-refractivity contribution in [3.05, 3.63) is 34.9 Å². The number of unbranched alkanes of at least 4 members (excludes halogenated alkanes) is 2. The molecule has 146 valence electrons. The van der Waals surface area contributed by atoms with Gasteiger partial charge in [0.25, 0.3) is 0 Å². The first-order valence-electron chi connectivity index (χ1n) is 9.47. The van der Waals surface area contributed by atoms with Crippen LogP contribution in [0.5, 0.6) is 0 Å². The Morgan fingerprint density at radius 3 is 1.92 bits per heavy atom. The fourth-order valence-corrected chi connectivity index (χ4v) is 3.58. The van der Waals surface area contributed by atoms with Gasteiger partial charge in [0.2, 0.25) is 0 Å². The number of benzene rings is 1. The second-order valence-electron chi connectivity index (χ2n) is 6.81. The molecule has 0 aliphatic carbocycles. The van der Waals surface area contributed by atoms with Crippen LogP contribution in [0.2, 0.25) is 0 Å². The average Bonchev–Trinajstić information content (AvgIpc) is 2.59. The summed E-state index contributed by atoms with van der Waals surface area (Å²) in [5.41, 5.74) is 9.92. The van der Waals surface area contributed by atoms with Crippen LogP contribution in [0.25, 0.3) is 6.08 Å². The Bertz CT molecular complexity index is 565. The highest BCUT2D eigenvalue weighted by Crippen LogP contribution is 2.28. The lowest BCUT2D eigenvalue weighted by Gasteiger charge is -2.17. The number of aliphatic carboxylic acids is 1. The number of alkyl halides is 2. The van der Waals surface area contributed by atoms with Crippen LogP contribution >= 0.6 is 23.2 Å². The van der Waals surface area contributed by atoms with Crippen molar-refractivity contribution >= 4 is 40.9 Å². The summed E-state index contributed by atoms with van der Waals surface area (Å²) in [5.74, 6) is -0.971. The van der Waals surface area contributed by atoms with Crippen LogP contribution < -0.4 is 5.73 Å². The van der Waals surface area contributed by atoms with Crippen molar-refractivity contribution in [3.63, 3.8) is 0 Å². The lowest BCUT2D eigenvalue weighted by molar-refractivity contribution is -0.131. The van der Waals surface area contributed by atoms with E-state index in [0.29, 0.717) is 12.8 Å². The first-order chi connectivity index (χ1) is 12.4. The van der Waals surface area contributed by atoms with Gasteiger partial charge in [0.1, 0.15) is 0 Å². The molecule has 0 amide bonds. The molecule has 0 saturated carbocycles. The molecule has 1 aromatic rings. The third-order valence-corrected chi connectivity index (χ3v) is 5.16. The van der Waals surface area contributed by atoms with Crippen LogP contribution in [0.3, 0.4) is 0 Å². The van der Waals surface area contributed by atoms with Crippen LogP contribution in [0, 0.1) is 0 Å². The Balaban J connectivity index is 3.07. The first kappa shape index (κ1) is 22.9. The Hall–Kier alpha value is -1.19. The molecule has 0 radical (unpaired) electrons. The van der Waals surface area contributed by atoms with Crippen molar-refractivity contribution in [3.8, 4) is 0 Å². The number of hydrogen-bond donors (Lipinski definition) is 2. The average molecular weight is 400 g/mol. The van der Waals surface area contributed by atoms with Crippen LogP contribution in [-0.2, 0) is 17.6 Å². The molecule has 3 nitrogen and oxygen atoms in total. The molecule has 0 fully saturated rings. The van der Waals surface area contributed by atoms with Gasteiger partial charge in [0.15, 0.2) is 0 Å². The van der Waals surface area contributed by atoms with Gasteiger partial charge >= 0.3 is 5.97 Å². The molecule has 0 aromatic heterocycles. The molecule has 2 atom stereocenters. The number of anilines is 1. The zero-order chi connectivity index (χ0) is 19.5. The number of nitrogen functional groups attached to an aromatic ring is 1. The van der Waals surface area contributed by atoms with Gasteiger partial charge < -0.3 is 10.8 Å². The van der Waals surface area contributed by atoms with E-state index in [4.69, 9.17) is 34.0 Å². The molecule has 5 heteroatoms. The van der Waals surface area contributed by atoms with E-state index in [9.17, 15) is 4.79 Å². The predicted octanol–water partition coefficient (Wildman–Crippen LogP) is 6.05. The first-order valence-corrected chi connectivity index (χ1v) is 10.3. The second kappa shape index (κ2) is 12.2. The predicted molar refractivity (Wildman–Crippen MR) is 113 cm³/mol. The normalized spacial score (nSPS) is 13.8. The minimum Gasteiger partial charge on any atom is -0.478 e. The third-order valence-electron chi connectivity index (χ3n) is 4.42. The summed E-state index contributed by atoms with van der Waals surface area (Å²) in [6, 6.07) is 3.88. The van der Waals surface area contributed by atoms with E-state index in [1.807, 2.05) is 12.1 Å². The third kappa shape index (κ3) is 8.46. The van der Waals surface area contributed by atoms with Gasteiger partial charge in [-0.25, -0.2) is 4.79 Å². The zero-order valence-corrected chi connectivity index (χ0v) is 17.3. The van der Waals surface area contributed by atoms with E-state index in [-0.39, 0.29) is 10.8 Å². The monoisotopic (exact) mass is 399 g/mol. The quantitative estimate of drug-likeness (QED) is 0.255. The summed E-state index contributed by atoms with van der Waals surface area (Å²) < 4.78 is 0. The van der Waals surface area contributed by atoms with Gasteiger partial charge in [-0.2, -0.15) is 0 Å². The molecular weight excluding hydrogens is 369 g/mol. The van der Waals surface area contributed by atoms with E-state index >= 15 is 0 Å². The van der Waals surface area contributed by atoms with Crippen molar-refractivity contribution in [2.24, 2.45) is 0 Å². The summed E-state index contributed by atoms with van der Waals surface area (Å²) in [6.07, 6.45) is 10.4. The molecule has 0 heterocycles. The number of halogens is 2.